The first-order valence-corrected chi connectivity index (χ1v) is 5.62. The Hall–Kier alpha value is -1.55. The molecule has 1 aliphatic rings. The van der Waals surface area contributed by atoms with Gasteiger partial charge in [-0.3, -0.25) is 9.69 Å². The molecule has 0 aromatic heterocycles. The first kappa shape index (κ1) is 11.9. The third-order valence-electron chi connectivity index (χ3n) is 2.69. The minimum atomic E-state index is 0.0121. The minimum Gasteiger partial charge on any atom is -0.295 e. The van der Waals surface area contributed by atoms with Crippen LogP contribution in [0.25, 0.3) is 10.4 Å². The molecule has 0 radical (unpaired) electrons. The van der Waals surface area contributed by atoms with Crippen molar-refractivity contribution in [3.8, 4) is 0 Å². The molecule has 1 fully saturated rings. The normalized spacial score (nSPS) is 16.1. The van der Waals surface area contributed by atoms with Crippen LogP contribution in [0.3, 0.4) is 0 Å². The number of hydrogen-bond donors (Lipinski definition) is 0. The van der Waals surface area contributed by atoms with Gasteiger partial charge in [-0.1, -0.05) is 16.7 Å². The second-order valence-electron chi connectivity index (χ2n) is 3.98. The Morgan fingerprint density at radius 3 is 2.71 bits per heavy atom. The van der Waals surface area contributed by atoms with Gasteiger partial charge in [0.15, 0.2) is 5.78 Å². The Morgan fingerprint density at radius 1 is 1.47 bits per heavy atom. The van der Waals surface area contributed by atoms with Crippen LogP contribution in [0.4, 0.5) is 0 Å². The van der Waals surface area contributed by atoms with E-state index in [1.807, 2.05) is 4.90 Å². The molecular formula is C11H11ClN4O. The molecule has 0 spiro atoms. The van der Waals surface area contributed by atoms with Gasteiger partial charge in [-0.2, -0.15) is 0 Å². The highest BCUT2D eigenvalue weighted by Crippen LogP contribution is 2.14. The average molecular weight is 251 g/mol. The van der Waals surface area contributed by atoms with Gasteiger partial charge in [-0.15, -0.1) is 0 Å². The van der Waals surface area contributed by atoms with E-state index < -0.39 is 0 Å². The summed E-state index contributed by atoms with van der Waals surface area (Å²) in [6, 6.07) is 6.85. The summed E-state index contributed by atoms with van der Waals surface area (Å²) in [6.07, 6.45) is 0. The average Bonchev–Trinajstić information content (AvgIpc) is 2.27. The molecule has 1 aromatic rings. The molecule has 5 nitrogen and oxygen atoms in total. The van der Waals surface area contributed by atoms with E-state index in [2.05, 4.69) is 10.0 Å². The standard InChI is InChI=1S/C11H11ClN4O/c12-9-3-1-8(2-4-9)11(17)7-16-5-10(6-16)14-15-13/h1-4,10H,5-7H2. The maximum atomic E-state index is 11.8. The molecule has 0 N–H and O–H groups in total. The first-order valence-electron chi connectivity index (χ1n) is 5.24. The molecule has 88 valence electrons. The van der Waals surface area contributed by atoms with Gasteiger partial charge in [0.05, 0.1) is 12.6 Å². The molecule has 1 heterocycles. The fraction of sp³-hybridized carbons (Fsp3) is 0.364. The van der Waals surface area contributed by atoms with Crippen LogP contribution >= 0.6 is 11.6 Å². The quantitative estimate of drug-likeness (QED) is 0.357. The lowest BCUT2D eigenvalue weighted by molar-refractivity contribution is 0.0843. The highest BCUT2D eigenvalue weighted by atomic mass is 35.5. The van der Waals surface area contributed by atoms with Gasteiger partial charge < -0.3 is 0 Å². The van der Waals surface area contributed by atoms with Crippen molar-refractivity contribution in [2.75, 3.05) is 19.6 Å². The summed E-state index contributed by atoms with van der Waals surface area (Å²) >= 11 is 5.75. The molecule has 17 heavy (non-hydrogen) atoms. The second-order valence-corrected chi connectivity index (χ2v) is 4.42. The van der Waals surface area contributed by atoms with Crippen molar-refractivity contribution < 1.29 is 4.79 Å². The highest BCUT2D eigenvalue weighted by Gasteiger charge is 2.27. The second kappa shape index (κ2) is 5.19. The summed E-state index contributed by atoms with van der Waals surface area (Å²) in [7, 11) is 0. The van der Waals surface area contributed by atoms with Gasteiger partial charge in [-0.25, -0.2) is 0 Å². The van der Waals surface area contributed by atoms with E-state index in [1.165, 1.54) is 0 Å². The van der Waals surface area contributed by atoms with E-state index in [1.54, 1.807) is 24.3 Å². The molecule has 2 rings (SSSR count). The smallest absolute Gasteiger partial charge is 0.176 e. The van der Waals surface area contributed by atoms with Gasteiger partial charge in [0, 0.05) is 28.6 Å². The molecule has 1 saturated heterocycles. The Bertz CT molecular complexity index is 461. The molecule has 0 aliphatic carbocycles. The van der Waals surface area contributed by atoms with Gasteiger partial charge >= 0.3 is 0 Å². The summed E-state index contributed by atoms with van der Waals surface area (Å²) in [6.45, 7) is 1.67. The van der Waals surface area contributed by atoms with Crippen LogP contribution in [-0.2, 0) is 0 Å². The minimum absolute atomic E-state index is 0.0121. The van der Waals surface area contributed by atoms with Crippen LogP contribution in [0.5, 0.6) is 0 Å². The van der Waals surface area contributed by atoms with Gasteiger partial charge in [0.2, 0.25) is 0 Å². The van der Waals surface area contributed by atoms with Crippen LogP contribution < -0.4 is 0 Å². The van der Waals surface area contributed by atoms with E-state index in [0.717, 1.165) is 0 Å². The zero-order valence-electron chi connectivity index (χ0n) is 9.08. The number of nitrogens with zero attached hydrogens (tertiary/aromatic N) is 4. The molecule has 0 amide bonds. The van der Waals surface area contributed by atoms with Crippen LogP contribution in [0.15, 0.2) is 29.4 Å². The van der Waals surface area contributed by atoms with E-state index in [9.17, 15) is 4.79 Å². The third kappa shape index (κ3) is 2.97. The van der Waals surface area contributed by atoms with Crippen molar-refractivity contribution in [3.05, 3.63) is 45.3 Å². The maximum absolute atomic E-state index is 11.8. The summed E-state index contributed by atoms with van der Waals surface area (Å²) in [5.41, 5.74) is 8.89. The van der Waals surface area contributed by atoms with Crippen molar-refractivity contribution in [1.29, 1.82) is 0 Å². The van der Waals surface area contributed by atoms with Crippen molar-refractivity contribution in [2.45, 2.75) is 6.04 Å². The number of azide groups is 1. The zero-order valence-corrected chi connectivity index (χ0v) is 9.84. The molecule has 0 unspecified atom stereocenters. The lowest BCUT2D eigenvalue weighted by Crippen LogP contribution is -2.51. The maximum Gasteiger partial charge on any atom is 0.176 e. The fourth-order valence-electron chi connectivity index (χ4n) is 1.75. The SMILES string of the molecule is [N-]=[N+]=NC1CN(CC(=O)c2ccc(Cl)cc2)C1. The topological polar surface area (TPSA) is 69.1 Å². The number of halogens is 1. The molecular weight excluding hydrogens is 240 g/mol. The largest absolute Gasteiger partial charge is 0.295 e. The Labute approximate surface area is 104 Å². The molecule has 0 atom stereocenters. The highest BCUT2D eigenvalue weighted by molar-refractivity contribution is 6.30. The molecule has 1 aromatic carbocycles. The van der Waals surface area contributed by atoms with Gasteiger partial charge in [-0.05, 0) is 29.8 Å². The van der Waals surface area contributed by atoms with Crippen molar-refractivity contribution >= 4 is 17.4 Å². The number of rotatable bonds is 4. The van der Waals surface area contributed by atoms with E-state index in [-0.39, 0.29) is 11.8 Å². The van der Waals surface area contributed by atoms with Crippen molar-refractivity contribution in [1.82, 2.24) is 4.90 Å². The summed E-state index contributed by atoms with van der Waals surface area (Å²) in [5, 5.41) is 4.20. The first-order chi connectivity index (χ1) is 8.19. The zero-order chi connectivity index (χ0) is 12.3. The molecule has 0 saturated carbocycles. The lowest BCUT2D eigenvalue weighted by Gasteiger charge is -2.35. The van der Waals surface area contributed by atoms with Crippen molar-refractivity contribution in [2.24, 2.45) is 5.11 Å². The number of benzene rings is 1. The monoisotopic (exact) mass is 250 g/mol. The molecule has 1 aliphatic heterocycles. The van der Waals surface area contributed by atoms with E-state index >= 15 is 0 Å². The Kier molecular flexibility index (Phi) is 3.64. The summed E-state index contributed by atoms with van der Waals surface area (Å²) < 4.78 is 0. The van der Waals surface area contributed by atoms with Crippen LogP contribution in [0.2, 0.25) is 5.02 Å². The van der Waals surface area contributed by atoms with Gasteiger partial charge in [0.1, 0.15) is 0 Å². The summed E-state index contributed by atoms with van der Waals surface area (Å²) in [5.74, 6) is 0.0565. The molecule has 0 bridgehead atoms. The predicted octanol–water partition coefficient (Wildman–Crippen LogP) is 2.52. The van der Waals surface area contributed by atoms with Crippen LogP contribution in [-0.4, -0.2) is 36.4 Å². The number of carbonyl (C=O) groups excluding carboxylic acids is 1. The lowest BCUT2D eigenvalue weighted by atomic mass is 10.1. The number of hydrogen-bond acceptors (Lipinski definition) is 3. The molecule has 6 heteroatoms. The summed E-state index contributed by atoms with van der Waals surface area (Å²) in [4.78, 5) is 16.5. The third-order valence-corrected chi connectivity index (χ3v) is 2.94. The number of Topliss-reactive ketones (excluding diaryl/α,β-unsaturated/α-hetero) is 1. The number of likely N-dealkylation sites (tertiary alicyclic amines) is 1. The van der Waals surface area contributed by atoms with E-state index in [0.29, 0.717) is 30.2 Å². The van der Waals surface area contributed by atoms with Crippen LogP contribution in [0, 0.1) is 0 Å². The Balaban J connectivity index is 1.86. The van der Waals surface area contributed by atoms with Crippen LogP contribution in [0.1, 0.15) is 10.4 Å². The number of carbonyl (C=O) groups is 1. The predicted molar refractivity (Wildman–Crippen MR) is 65.2 cm³/mol. The fourth-order valence-corrected chi connectivity index (χ4v) is 1.87. The van der Waals surface area contributed by atoms with E-state index in [4.69, 9.17) is 17.1 Å². The number of ketones is 1. The Morgan fingerprint density at radius 2 is 2.12 bits per heavy atom. The van der Waals surface area contributed by atoms with Crippen molar-refractivity contribution in [3.63, 3.8) is 0 Å². The van der Waals surface area contributed by atoms with Gasteiger partial charge in [0.25, 0.3) is 0 Å².